The standard InChI is InChI=1S/C12H9NO/c14-12(10-6-2-1-3-7-10)11-8-4-5-9-13-11/h1-9H/p+2. The zero-order valence-electron chi connectivity index (χ0n) is 7.64. The lowest BCUT2D eigenvalue weighted by molar-refractivity contribution is -0.380. The van der Waals surface area contributed by atoms with E-state index in [4.69, 9.17) is 0 Å². The number of rotatable bonds is 2. The Hall–Kier alpha value is -1.96. The van der Waals surface area contributed by atoms with E-state index in [1.165, 1.54) is 0 Å². The number of hydrogen-bond donors (Lipinski definition) is 0. The number of H-pyrrole nitrogens is 1. The summed E-state index contributed by atoms with van der Waals surface area (Å²) in [5.74, 6) is 0.270. The number of benzene rings is 1. The first kappa shape index (κ1) is 8.63. The van der Waals surface area contributed by atoms with E-state index in [1.54, 1.807) is 6.20 Å². The van der Waals surface area contributed by atoms with Gasteiger partial charge in [-0.25, -0.2) is 4.98 Å². The van der Waals surface area contributed by atoms with Crippen molar-refractivity contribution in [2.24, 2.45) is 0 Å². The second-order valence-electron chi connectivity index (χ2n) is 2.99. The van der Waals surface area contributed by atoms with E-state index >= 15 is 0 Å². The summed E-state index contributed by atoms with van der Waals surface area (Å²) in [5.41, 5.74) is 1.54. The number of aromatic amines is 1. The van der Waals surface area contributed by atoms with Crippen LogP contribution in [0.4, 0.5) is 0 Å². The molecule has 1 aromatic heterocycles. The van der Waals surface area contributed by atoms with Gasteiger partial charge in [0.1, 0.15) is 0 Å². The van der Waals surface area contributed by atoms with Gasteiger partial charge in [0, 0.05) is 12.1 Å². The average Bonchev–Trinajstić information content (AvgIpc) is 2.30. The zero-order valence-corrected chi connectivity index (χ0v) is 7.64. The van der Waals surface area contributed by atoms with Crippen molar-refractivity contribution < 1.29 is 9.78 Å². The van der Waals surface area contributed by atoms with Gasteiger partial charge in [-0.05, 0) is 18.2 Å². The van der Waals surface area contributed by atoms with Crippen LogP contribution in [-0.4, -0.2) is 10.6 Å². The van der Waals surface area contributed by atoms with Crippen LogP contribution in [0.1, 0.15) is 11.3 Å². The highest BCUT2D eigenvalue weighted by molar-refractivity contribution is 6.07. The van der Waals surface area contributed by atoms with E-state index < -0.39 is 0 Å². The lowest BCUT2D eigenvalue weighted by Crippen LogP contribution is -2.17. The van der Waals surface area contributed by atoms with Crippen LogP contribution in [0, 0.1) is 0 Å². The molecule has 0 aliphatic carbocycles. The van der Waals surface area contributed by atoms with Crippen LogP contribution in [0.2, 0.25) is 0 Å². The third-order valence-electron chi connectivity index (χ3n) is 2.01. The molecule has 0 fully saturated rings. The van der Waals surface area contributed by atoms with Crippen LogP contribution in [0.3, 0.4) is 0 Å². The van der Waals surface area contributed by atoms with Crippen LogP contribution in [0.5, 0.6) is 0 Å². The van der Waals surface area contributed by atoms with Crippen LogP contribution in [-0.2, 0) is 0 Å². The molecule has 0 bridgehead atoms. The SMILES string of the molecule is [OH+]=C(c1ccccc1)c1cccc[nH+]1. The third kappa shape index (κ3) is 1.69. The summed E-state index contributed by atoms with van der Waals surface area (Å²) in [7, 11) is 0. The molecule has 0 atom stereocenters. The van der Waals surface area contributed by atoms with Crippen LogP contribution >= 0.6 is 0 Å². The minimum atomic E-state index is 0.270. The Bertz CT molecular complexity index is 381. The van der Waals surface area contributed by atoms with E-state index in [9.17, 15) is 4.79 Å². The number of carbonyl (C=O) groups excluding carboxylic acids is 1. The van der Waals surface area contributed by atoms with Crippen molar-refractivity contribution >= 4 is 5.78 Å². The van der Waals surface area contributed by atoms with Gasteiger partial charge >= 0.3 is 11.5 Å². The number of hydrogen-bond acceptors (Lipinski definition) is 0. The quantitative estimate of drug-likeness (QED) is 0.501. The molecule has 2 aromatic rings. The maximum absolute atomic E-state index is 9.88. The first-order valence-corrected chi connectivity index (χ1v) is 4.46. The molecule has 1 aromatic carbocycles. The summed E-state index contributed by atoms with van der Waals surface area (Å²) in [4.78, 5) is 12.9. The van der Waals surface area contributed by atoms with Crippen LogP contribution in [0.25, 0.3) is 0 Å². The first-order valence-electron chi connectivity index (χ1n) is 4.46. The highest BCUT2D eigenvalue weighted by atomic mass is 16.1. The molecule has 0 saturated heterocycles. The van der Waals surface area contributed by atoms with Crippen molar-refractivity contribution in [2.45, 2.75) is 0 Å². The molecule has 14 heavy (non-hydrogen) atoms. The minimum absolute atomic E-state index is 0.270. The first-order chi connectivity index (χ1) is 6.88. The van der Waals surface area contributed by atoms with E-state index in [0.717, 1.165) is 11.3 Å². The van der Waals surface area contributed by atoms with Gasteiger partial charge in [-0.2, -0.15) is 0 Å². The molecule has 2 rings (SSSR count). The molecule has 2 N–H and O–H groups in total. The van der Waals surface area contributed by atoms with Gasteiger partial charge in [-0.3, -0.25) is 4.79 Å². The Morgan fingerprint density at radius 2 is 1.64 bits per heavy atom. The van der Waals surface area contributed by atoms with Crippen molar-refractivity contribution in [3.63, 3.8) is 0 Å². The average molecular weight is 185 g/mol. The Kier molecular flexibility index (Phi) is 2.36. The summed E-state index contributed by atoms with van der Waals surface area (Å²) in [5, 5.41) is 0. The fourth-order valence-electron chi connectivity index (χ4n) is 1.29. The molecule has 0 amide bonds. The van der Waals surface area contributed by atoms with E-state index in [1.807, 2.05) is 48.5 Å². The lowest BCUT2D eigenvalue weighted by Gasteiger charge is -1.89. The van der Waals surface area contributed by atoms with Crippen LogP contribution in [0.15, 0.2) is 54.7 Å². The molecule has 0 saturated carbocycles. The van der Waals surface area contributed by atoms with Gasteiger partial charge in [0.25, 0.3) is 0 Å². The smallest absolute Gasteiger partial charge is 0.266 e. The van der Waals surface area contributed by atoms with Gasteiger partial charge in [0.05, 0.1) is 5.56 Å². The summed E-state index contributed by atoms with van der Waals surface area (Å²) in [6, 6.07) is 15.1. The molecule has 0 spiro atoms. The van der Waals surface area contributed by atoms with Gasteiger partial charge < -0.3 is 0 Å². The second kappa shape index (κ2) is 3.83. The predicted molar refractivity (Wildman–Crippen MR) is 54.6 cm³/mol. The number of aromatic nitrogens is 1. The van der Waals surface area contributed by atoms with E-state index in [0.29, 0.717) is 0 Å². The summed E-state index contributed by atoms with van der Waals surface area (Å²) < 4.78 is 0. The maximum Gasteiger partial charge on any atom is 0.417 e. The molecule has 0 aliphatic rings. The maximum atomic E-state index is 9.88. The van der Waals surface area contributed by atoms with Gasteiger partial charge in [-0.1, -0.05) is 18.2 Å². The monoisotopic (exact) mass is 185 g/mol. The third-order valence-corrected chi connectivity index (χ3v) is 2.01. The van der Waals surface area contributed by atoms with Crippen LogP contribution < -0.4 is 4.98 Å². The lowest BCUT2D eigenvalue weighted by atomic mass is 10.1. The van der Waals surface area contributed by atoms with Crippen molar-refractivity contribution in [2.75, 3.05) is 0 Å². The molecule has 2 heteroatoms. The van der Waals surface area contributed by atoms with Crippen molar-refractivity contribution in [1.82, 2.24) is 0 Å². The predicted octanol–water partition coefficient (Wildman–Crippen LogP) is 1.44. The summed E-state index contributed by atoms with van der Waals surface area (Å²) >= 11 is 0. The Morgan fingerprint density at radius 1 is 0.929 bits per heavy atom. The fourth-order valence-corrected chi connectivity index (χ4v) is 1.29. The Balaban J connectivity index is 2.35. The molecule has 2 nitrogen and oxygen atoms in total. The van der Waals surface area contributed by atoms with Gasteiger partial charge in [0.15, 0.2) is 6.20 Å². The Morgan fingerprint density at radius 3 is 2.29 bits per heavy atom. The highest BCUT2D eigenvalue weighted by Gasteiger charge is 2.20. The van der Waals surface area contributed by atoms with Crippen molar-refractivity contribution in [3.8, 4) is 0 Å². The normalized spacial score (nSPS) is 9.71. The second-order valence-corrected chi connectivity index (χ2v) is 2.99. The largest absolute Gasteiger partial charge is 0.417 e. The molecular weight excluding hydrogens is 174 g/mol. The molecule has 1 heterocycles. The molecular formula is C12H11NO+2. The molecule has 0 aliphatic heterocycles. The van der Waals surface area contributed by atoms with E-state index in [2.05, 4.69) is 4.98 Å². The van der Waals surface area contributed by atoms with Crippen molar-refractivity contribution in [1.29, 1.82) is 0 Å². The summed E-state index contributed by atoms with van der Waals surface area (Å²) in [6.07, 6.45) is 1.79. The van der Waals surface area contributed by atoms with Gasteiger partial charge in [-0.15, -0.1) is 0 Å². The topological polar surface area (TPSA) is 35.5 Å². The highest BCUT2D eigenvalue weighted by Crippen LogP contribution is 2.03. The van der Waals surface area contributed by atoms with Crippen molar-refractivity contribution in [3.05, 3.63) is 66.0 Å². The molecule has 0 unspecified atom stereocenters. The molecule has 0 radical (unpaired) electrons. The number of nitrogens with one attached hydrogen (secondary N) is 1. The number of pyridine rings is 1. The number of ketones is 1. The Labute approximate surface area is 82.2 Å². The van der Waals surface area contributed by atoms with E-state index in [-0.39, 0.29) is 5.78 Å². The molecule has 68 valence electrons. The summed E-state index contributed by atoms with van der Waals surface area (Å²) in [6.45, 7) is 0. The minimum Gasteiger partial charge on any atom is -0.266 e. The fraction of sp³-hybridized carbons (Fsp3) is 0. The zero-order chi connectivity index (χ0) is 9.80. The van der Waals surface area contributed by atoms with Gasteiger partial charge in [0.2, 0.25) is 0 Å².